The molecule has 0 unspecified atom stereocenters. The molecule has 2 bridgehead atoms. The molecule has 0 radical (unpaired) electrons. The normalized spacial score (nSPS) is 35.6. The van der Waals surface area contributed by atoms with Gasteiger partial charge in [-0.1, -0.05) is 0 Å². The molecule has 4 aliphatic rings. The molecule has 4 fully saturated rings. The van der Waals surface area contributed by atoms with Crippen molar-refractivity contribution in [1.29, 1.82) is 0 Å². The Morgan fingerprint density at radius 1 is 1.32 bits per heavy atom. The van der Waals surface area contributed by atoms with E-state index in [0.717, 1.165) is 38.8 Å². The molecule has 4 rings (SSSR count). The standard InChI is InChI=1S/C13H20N4O2/c18-11(15-9-3-13(4-9)6-14-7-13)10-2-1-8-5-17(10)12(19)16-8/h8-10,14H,1-7H2,(H,15,18)(H,16,19)/t8-,10+/m1/s1. The first-order valence-electron chi connectivity index (χ1n) is 7.23. The average molecular weight is 264 g/mol. The van der Waals surface area contributed by atoms with Crippen molar-refractivity contribution in [2.24, 2.45) is 5.41 Å². The Morgan fingerprint density at radius 2 is 2.11 bits per heavy atom. The zero-order valence-corrected chi connectivity index (χ0v) is 10.9. The maximum Gasteiger partial charge on any atom is 0.318 e. The number of nitrogens with one attached hydrogen (secondary N) is 3. The van der Waals surface area contributed by atoms with E-state index in [0.29, 0.717) is 18.0 Å². The van der Waals surface area contributed by atoms with Crippen LogP contribution < -0.4 is 16.0 Å². The lowest BCUT2D eigenvalue weighted by Gasteiger charge is -2.54. The zero-order chi connectivity index (χ0) is 13.0. The molecule has 3 N–H and O–H groups in total. The zero-order valence-electron chi connectivity index (χ0n) is 10.9. The van der Waals surface area contributed by atoms with E-state index in [1.807, 2.05) is 0 Å². The molecule has 2 atom stereocenters. The van der Waals surface area contributed by atoms with Gasteiger partial charge in [0.15, 0.2) is 0 Å². The van der Waals surface area contributed by atoms with Crippen LogP contribution in [0.2, 0.25) is 0 Å². The molecule has 6 heteroatoms. The van der Waals surface area contributed by atoms with Gasteiger partial charge in [0.2, 0.25) is 5.91 Å². The number of carbonyl (C=O) groups excluding carboxylic acids is 2. The van der Waals surface area contributed by atoms with Gasteiger partial charge in [-0.3, -0.25) is 4.79 Å². The molecule has 3 aliphatic heterocycles. The Labute approximate surface area is 112 Å². The van der Waals surface area contributed by atoms with Crippen LogP contribution in [0.3, 0.4) is 0 Å². The summed E-state index contributed by atoms with van der Waals surface area (Å²) >= 11 is 0. The number of hydrogen-bond acceptors (Lipinski definition) is 3. The van der Waals surface area contributed by atoms with E-state index in [1.54, 1.807) is 4.90 Å². The molecule has 0 aromatic rings. The lowest BCUT2D eigenvalue weighted by atomic mass is 9.61. The number of nitrogens with zero attached hydrogens (tertiary/aromatic N) is 1. The molecule has 6 nitrogen and oxygen atoms in total. The van der Waals surface area contributed by atoms with Crippen molar-refractivity contribution in [3.05, 3.63) is 0 Å². The van der Waals surface area contributed by atoms with Crippen molar-refractivity contribution in [1.82, 2.24) is 20.9 Å². The number of amides is 3. The Bertz CT molecular complexity index is 426. The van der Waals surface area contributed by atoms with Crippen LogP contribution in [-0.4, -0.2) is 54.6 Å². The second-order valence-electron chi connectivity index (χ2n) is 6.61. The highest BCUT2D eigenvalue weighted by Gasteiger charge is 2.50. The summed E-state index contributed by atoms with van der Waals surface area (Å²) in [5, 5.41) is 9.33. The van der Waals surface area contributed by atoms with E-state index >= 15 is 0 Å². The van der Waals surface area contributed by atoms with E-state index in [4.69, 9.17) is 0 Å². The van der Waals surface area contributed by atoms with Gasteiger partial charge in [0.1, 0.15) is 6.04 Å². The Kier molecular flexibility index (Phi) is 2.33. The minimum Gasteiger partial charge on any atom is -0.352 e. The summed E-state index contributed by atoms with van der Waals surface area (Å²) in [7, 11) is 0. The lowest BCUT2D eigenvalue weighted by molar-refractivity contribution is -0.129. The maximum absolute atomic E-state index is 12.3. The molecule has 104 valence electrons. The molecular formula is C13H20N4O2. The second-order valence-corrected chi connectivity index (χ2v) is 6.61. The summed E-state index contributed by atoms with van der Waals surface area (Å²) in [5.74, 6) is 0.0441. The van der Waals surface area contributed by atoms with Crippen molar-refractivity contribution in [3.8, 4) is 0 Å². The highest BCUT2D eigenvalue weighted by molar-refractivity contribution is 5.89. The number of carbonyl (C=O) groups is 2. The number of piperidine rings is 1. The van der Waals surface area contributed by atoms with Crippen LogP contribution in [0.1, 0.15) is 25.7 Å². The number of fused-ring (bicyclic) bond motifs is 2. The van der Waals surface area contributed by atoms with E-state index in [9.17, 15) is 9.59 Å². The van der Waals surface area contributed by atoms with Crippen molar-refractivity contribution >= 4 is 11.9 Å². The lowest BCUT2D eigenvalue weighted by Crippen LogP contribution is -2.66. The summed E-state index contributed by atoms with van der Waals surface area (Å²) in [6, 6.07) is 0.244. The third-order valence-electron chi connectivity index (χ3n) is 5.18. The van der Waals surface area contributed by atoms with Gasteiger partial charge >= 0.3 is 6.03 Å². The fourth-order valence-electron chi connectivity index (χ4n) is 4.00. The summed E-state index contributed by atoms with van der Waals surface area (Å²) in [4.78, 5) is 25.7. The average Bonchev–Trinajstić information content (AvgIpc) is 2.57. The predicted octanol–water partition coefficient (Wildman–Crippen LogP) is -0.589. The van der Waals surface area contributed by atoms with E-state index in [-0.39, 0.29) is 24.0 Å². The van der Waals surface area contributed by atoms with Crippen molar-refractivity contribution < 1.29 is 9.59 Å². The Balaban J connectivity index is 1.34. The molecule has 19 heavy (non-hydrogen) atoms. The van der Waals surface area contributed by atoms with E-state index < -0.39 is 0 Å². The molecule has 3 saturated heterocycles. The largest absolute Gasteiger partial charge is 0.352 e. The first kappa shape index (κ1) is 11.5. The summed E-state index contributed by atoms with van der Waals surface area (Å²) in [5.41, 5.74) is 0.473. The van der Waals surface area contributed by atoms with Crippen molar-refractivity contribution in [2.75, 3.05) is 19.6 Å². The van der Waals surface area contributed by atoms with E-state index in [2.05, 4.69) is 16.0 Å². The topological polar surface area (TPSA) is 73.5 Å². The quantitative estimate of drug-likeness (QED) is 0.624. The van der Waals surface area contributed by atoms with Crippen LogP contribution in [0.25, 0.3) is 0 Å². The first-order chi connectivity index (χ1) is 9.15. The summed E-state index contributed by atoms with van der Waals surface area (Å²) in [6.45, 7) is 2.88. The number of hydrogen-bond donors (Lipinski definition) is 3. The third-order valence-corrected chi connectivity index (χ3v) is 5.18. The minimum atomic E-state index is -0.255. The Morgan fingerprint density at radius 3 is 2.79 bits per heavy atom. The van der Waals surface area contributed by atoms with Crippen LogP contribution >= 0.6 is 0 Å². The van der Waals surface area contributed by atoms with Gasteiger partial charge in [0.05, 0.1) is 0 Å². The second kappa shape index (κ2) is 3.85. The third kappa shape index (κ3) is 1.73. The van der Waals surface area contributed by atoms with Crippen LogP contribution in [0.4, 0.5) is 4.79 Å². The summed E-state index contributed by atoms with van der Waals surface area (Å²) < 4.78 is 0. The molecule has 3 heterocycles. The molecule has 0 aromatic carbocycles. The van der Waals surface area contributed by atoms with E-state index in [1.165, 1.54) is 0 Å². The molecule has 1 aliphatic carbocycles. The monoisotopic (exact) mass is 264 g/mol. The van der Waals surface area contributed by atoms with Crippen LogP contribution in [0.15, 0.2) is 0 Å². The molecule has 3 amide bonds. The van der Waals surface area contributed by atoms with Gasteiger partial charge in [-0.2, -0.15) is 0 Å². The van der Waals surface area contributed by atoms with Gasteiger partial charge < -0.3 is 20.9 Å². The van der Waals surface area contributed by atoms with Gasteiger partial charge in [-0.05, 0) is 31.1 Å². The molecule has 1 saturated carbocycles. The van der Waals surface area contributed by atoms with Gasteiger partial charge in [-0.25, -0.2) is 4.79 Å². The Hall–Kier alpha value is -1.30. The smallest absolute Gasteiger partial charge is 0.318 e. The van der Waals surface area contributed by atoms with Gasteiger partial charge in [0.25, 0.3) is 0 Å². The predicted molar refractivity (Wildman–Crippen MR) is 68.5 cm³/mol. The highest BCUT2D eigenvalue weighted by Crippen LogP contribution is 2.44. The van der Waals surface area contributed by atoms with Crippen LogP contribution in [-0.2, 0) is 4.79 Å². The van der Waals surface area contributed by atoms with Gasteiger partial charge in [0, 0.05) is 31.7 Å². The maximum atomic E-state index is 12.3. The van der Waals surface area contributed by atoms with Crippen molar-refractivity contribution in [2.45, 2.75) is 43.8 Å². The number of urea groups is 1. The minimum absolute atomic E-state index is 0.0441. The van der Waals surface area contributed by atoms with Crippen LogP contribution in [0.5, 0.6) is 0 Å². The fraction of sp³-hybridized carbons (Fsp3) is 0.846. The summed E-state index contributed by atoms with van der Waals surface area (Å²) in [6.07, 6.45) is 3.88. The van der Waals surface area contributed by atoms with Crippen molar-refractivity contribution in [3.63, 3.8) is 0 Å². The molecule has 1 spiro atoms. The fourth-order valence-corrected chi connectivity index (χ4v) is 4.00. The first-order valence-corrected chi connectivity index (χ1v) is 7.23. The van der Waals surface area contributed by atoms with Gasteiger partial charge in [-0.15, -0.1) is 0 Å². The molecular weight excluding hydrogens is 244 g/mol. The molecule has 0 aromatic heterocycles. The number of rotatable bonds is 2. The highest BCUT2D eigenvalue weighted by atomic mass is 16.2. The van der Waals surface area contributed by atoms with Crippen LogP contribution in [0, 0.1) is 5.41 Å². The SMILES string of the molecule is O=C(NC1CC2(CNC2)C1)[C@@H]1CC[C@@H]2CN1C(=O)N2.